The third-order valence-electron chi connectivity index (χ3n) is 3.73. The van der Waals surface area contributed by atoms with E-state index in [2.05, 4.69) is 37.1 Å². The molecular formula is C15H13BrF3N5O. The molecule has 0 aliphatic carbocycles. The Kier molecular flexibility index (Phi) is 4.67. The lowest BCUT2D eigenvalue weighted by Crippen LogP contribution is -2.54. The highest BCUT2D eigenvalue weighted by molar-refractivity contribution is 9.10. The number of hydrogen-bond acceptors (Lipinski definition) is 6. The van der Waals surface area contributed by atoms with Crippen LogP contribution < -0.4 is 11.1 Å². The quantitative estimate of drug-likeness (QED) is 0.698. The van der Waals surface area contributed by atoms with E-state index in [-0.39, 0.29) is 5.56 Å². The molecule has 1 aromatic carbocycles. The fraction of sp³-hybridized carbons (Fsp3) is 0.200. The van der Waals surface area contributed by atoms with Crippen LogP contribution in [0.2, 0.25) is 0 Å². The Morgan fingerprint density at radius 1 is 1.24 bits per heavy atom. The summed E-state index contributed by atoms with van der Waals surface area (Å²) in [5.41, 5.74) is 1.11. The monoisotopic (exact) mass is 415 g/mol. The first-order chi connectivity index (χ1) is 11.8. The number of nitrogens with one attached hydrogen (secondary N) is 2. The number of hydrazine groups is 2. The van der Waals surface area contributed by atoms with Gasteiger partial charge in [0.1, 0.15) is 17.8 Å². The van der Waals surface area contributed by atoms with E-state index in [9.17, 15) is 9.50 Å². The van der Waals surface area contributed by atoms with Crippen LogP contribution in [-0.4, -0.2) is 28.0 Å². The Labute approximate surface area is 149 Å². The maximum absolute atomic E-state index is 15.2. The van der Waals surface area contributed by atoms with E-state index >= 15 is 8.78 Å². The third kappa shape index (κ3) is 3.32. The maximum atomic E-state index is 15.2. The van der Waals surface area contributed by atoms with Gasteiger partial charge in [-0.2, -0.15) is 13.9 Å². The van der Waals surface area contributed by atoms with Crippen molar-refractivity contribution in [1.82, 2.24) is 21.1 Å². The van der Waals surface area contributed by atoms with Crippen LogP contribution in [0.4, 0.5) is 13.2 Å². The minimum atomic E-state index is -3.82. The first kappa shape index (κ1) is 17.6. The molecule has 0 saturated heterocycles. The van der Waals surface area contributed by atoms with Crippen molar-refractivity contribution >= 4 is 22.3 Å². The largest absolute Gasteiger partial charge is 0.377 e. The molecule has 0 amide bonds. The van der Waals surface area contributed by atoms with Gasteiger partial charge in [0.25, 0.3) is 0 Å². The zero-order valence-corrected chi connectivity index (χ0v) is 14.2. The summed E-state index contributed by atoms with van der Waals surface area (Å²) in [6.45, 7) is -0.613. The van der Waals surface area contributed by atoms with Crippen LogP contribution in [-0.2, 0) is 11.5 Å². The summed E-state index contributed by atoms with van der Waals surface area (Å²) in [5.74, 6) is -4.56. The number of hydrazone groups is 1. The van der Waals surface area contributed by atoms with Crippen LogP contribution in [0.3, 0.4) is 0 Å². The molecule has 132 valence electrons. The standard InChI is InChI=1S/C15H13BrF3N5O/c16-11-4-5-13(20-7-11)15(18,19)14(25,8-24-9-21-22-23-24)10-2-1-3-12(17)6-10/h1-7,9,22-23,25H,8H2. The Hall–Kier alpha value is -2.17. The topological polar surface area (TPSA) is 72.8 Å². The average Bonchev–Trinajstić information content (AvgIpc) is 3.08. The number of pyridine rings is 1. The molecule has 25 heavy (non-hydrogen) atoms. The second-order valence-electron chi connectivity index (χ2n) is 5.40. The Morgan fingerprint density at radius 2 is 2.04 bits per heavy atom. The van der Waals surface area contributed by atoms with Gasteiger partial charge in [0.15, 0.2) is 5.60 Å². The first-order valence-electron chi connectivity index (χ1n) is 7.12. The molecule has 0 spiro atoms. The SMILES string of the molecule is OC(CN1C=NNN1)(c1cccc(F)c1)C(F)(F)c1ccc(Br)cn1. The van der Waals surface area contributed by atoms with Crippen molar-refractivity contribution in [2.45, 2.75) is 11.5 Å². The van der Waals surface area contributed by atoms with Crippen LogP contribution in [0.5, 0.6) is 0 Å². The second kappa shape index (κ2) is 6.62. The molecule has 1 aliphatic heterocycles. The molecule has 0 radical (unpaired) electrons. The summed E-state index contributed by atoms with van der Waals surface area (Å²) < 4.78 is 44.6. The van der Waals surface area contributed by atoms with Gasteiger partial charge in [-0.15, -0.1) is 5.53 Å². The normalized spacial score (nSPS) is 16.6. The molecule has 1 aliphatic rings. The number of β-amino-alcohol motifs (C(OH)–C–C–N with tert-alkyl or cyclic N) is 1. The summed E-state index contributed by atoms with van der Waals surface area (Å²) in [5, 5.41) is 15.7. The van der Waals surface area contributed by atoms with Gasteiger partial charge in [0.2, 0.25) is 0 Å². The van der Waals surface area contributed by atoms with Gasteiger partial charge in [-0.05, 0) is 45.8 Å². The first-order valence-corrected chi connectivity index (χ1v) is 7.91. The van der Waals surface area contributed by atoms with Gasteiger partial charge in [0, 0.05) is 10.7 Å². The van der Waals surface area contributed by atoms with Gasteiger partial charge in [-0.25, -0.2) is 9.93 Å². The molecule has 0 bridgehead atoms. The van der Waals surface area contributed by atoms with E-state index in [4.69, 9.17) is 0 Å². The summed E-state index contributed by atoms with van der Waals surface area (Å²) >= 11 is 3.12. The fourth-order valence-electron chi connectivity index (χ4n) is 2.44. The highest BCUT2D eigenvalue weighted by atomic mass is 79.9. The van der Waals surface area contributed by atoms with E-state index in [1.54, 1.807) is 0 Å². The molecule has 0 fully saturated rings. The predicted octanol–water partition coefficient (Wildman–Crippen LogP) is 2.23. The Bertz CT molecular complexity index is 789. The van der Waals surface area contributed by atoms with Crippen LogP contribution in [0.15, 0.2) is 52.2 Å². The minimum Gasteiger partial charge on any atom is -0.377 e. The number of aromatic nitrogens is 1. The average molecular weight is 416 g/mol. The van der Waals surface area contributed by atoms with Crippen molar-refractivity contribution in [3.63, 3.8) is 0 Å². The Morgan fingerprint density at radius 3 is 2.64 bits per heavy atom. The number of rotatable bonds is 5. The van der Waals surface area contributed by atoms with Gasteiger partial charge < -0.3 is 5.11 Å². The summed E-state index contributed by atoms with van der Waals surface area (Å²) in [6, 6.07) is 6.95. The van der Waals surface area contributed by atoms with Crippen LogP contribution in [0, 0.1) is 5.82 Å². The number of benzene rings is 1. The Balaban J connectivity index is 2.08. The third-order valence-corrected chi connectivity index (χ3v) is 4.19. The number of hydrogen-bond donors (Lipinski definition) is 3. The van der Waals surface area contributed by atoms with Crippen molar-refractivity contribution in [2.75, 3.05) is 6.54 Å². The number of alkyl halides is 2. The van der Waals surface area contributed by atoms with Crippen LogP contribution in [0.1, 0.15) is 11.3 Å². The second-order valence-corrected chi connectivity index (χ2v) is 6.32. The molecule has 3 rings (SSSR count). The smallest absolute Gasteiger partial charge is 0.323 e. The van der Waals surface area contributed by atoms with E-state index < -0.39 is 29.6 Å². The number of aliphatic hydroxyl groups is 1. The van der Waals surface area contributed by atoms with Crippen molar-refractivity contribution in [3.05, 3.63) is 64.1 Å². The van der Waals surface area contributed by atoms with Crippen LogP contribution >= 0.6 is 15.9 Å². The molecule has 1 atom stereocenters. The molecule has 10 heteroatoms. The molecule has 3 N–H and O–H groups in total. The lowest BCUT2D eigenvalue weighted by molar-refractivity contribution is -0.204. The molecule has 2 heterocycles. The van der Waals surface area contributed by atoms with Gasteiger partial charge in [-0.1, -0.05) is 12.1 Å². The van der Waals surface area contributed by atoms with E-state index in [1.807, 2.05) is 0 Å². The molecular weight excluding hydrogens is 403 g/mol. The summed E-state index contributed by atoms with van der Waals surface area (Å²) in [4.78, 5) is 3.70. The molecule has 1 unspecified atom stereocenters. The minimum absolute atomic E-state index is 0.288. The van der Waals surface area contributed by atoms with E-state index in [1.165, 1.54) is 30.7 Å². The van der Waals surface area contributed by atoms with Gasteiger partial charge in [-0.3, -0.25) is 9.99 Å². The highest BCUT2D eigenvalue weighted by Gasteiger charge is 2.57. The number of nitrogens with zero attached hydrogens (tertiary/aromatic N) is 3. The molecule has 1 aromatic heterocycles. The number of halogens is 4. The van der Waals surface area contributed by atoms with Crippen molar-refractivity contribution in [2.24, 2.45) is 5.10 Å². The summed E-state index contributed by atoms with van der Waals surface area (Å²) in [7, 11) is 0. The van der Waals surface area contributed by atoms with Crippen LogP contribution in [0.25, 0.3) is 0 Å². The zero-order valence-electron chi connectivity index (χ0n) is 12.6. The fourth-order valence-corrected chi connectivity index (χ4v) is 2.67. The van der Waals surface area contributed by atoms with E-state index in [0.29, 0.717) is 4.47 Å². The lowest BCUT2D eigenvalue weighted by Gasteiger charge is -2.37. The zero-order chi connectivity index (χ0) is 18.1. The van der Waals surface area contributed by atoms with Crippen molar-refractivity contribution in [3.8, 4) is 0 Å². The van der Waals surface area contributed by atoms with Crippen molar-refractivity contribution in [1.29, 1.82) is 0 Å². The van der Waals surface area contributed by atoms with Gasteiger partial charge in [0.05, 0.1) is 6.54 Å². The van der Waals surface area contributed by atoms with Crippen molar-refractivity contribution < 1.29 is 18.3 Å². The van der Waals surface area contributed by atoms with E-state index in [0.717, 1.165) is 23.2 Å². The van der Waals surface area contributed by atoms with Gasteiger partial charge >= 0.3 is 5.92 Å². The summed E-state index contributed by atoms with van der Waals surface area (Å²) in [6.07, 6.45) is 2.39. The lowest BCUT2D eigenvalue weighted by atomic mass is 9.85. The highest BCUT2D eigenvalue weighted by Crippen LogP contribution is 2.45. The maximum Gasteiger partial charge on any atom is 0.323 e. The molecule has 2 aromatic rings. The molecule has 0 saturated carbocycles. The molecule has 6 nitrogen and oxygen atoms in total. The predicted molar refractivity (Wildman–Crippen MR) is 87.6 cm³/mol.